The molecule has 2 N–H and O–H groups in total. The number of aromatic carboxylic acids is 1. The van der Waals surface area contributed by atoms with Crippen LogP contribution in [0.2, 0.25) is 0 Å². The summed E-state index contributed by atoms with van der Waals surface area (Å²) in [4.78, 5) is 22.5. The molecule has 0 bridgehead atoms. The molecule has 92 valence electrons. The van der Waals surface area contributed by atoms with Gasteiger partial charge in [0.15, 0.2) is 0 Å². The lowest BCUT2D eigenvalue weighted by atomic mass is 9.89. The lowest BCUT2D eigenvalue weighted by Crippen LogP contribution is -2.29. The summed E-state index contributed by atoms with van der Waals surface area (Å²) >= 11 is 0. The minimum atomic E-state index is -0.975. The first-order valence-corrected chi connectivity index (χ1v) is 5.51. The van der Waals surface area contributed by atoms with Crippen LogP contribution in [0.1, 0.15) is 37.6 Å². The molecule has 1 aromatic carbocycles. The SMILES string of the molecule is CCC(C)(C)C(=O)Nc1ccc(C(=O)O)cc1. The fourth-order valence-electron chi connectivity index (χ4n) is 1.16. The van der Waals surface area contributed by atoms with Crippen LogP contribution in [0.15, 0.2) is 24.3 Å². The summed E-state index contributed by atoms with van der Waals surface area (Å²) in [6, 6.07) is 6.12. The summed E-state index contributed by atoms with van der Waals surface area (Å²) in [5.41, 5.74) is 0.394. The maximum atomic E-state index is 11.9. The molecule has 0 aromatic heterocycles. The van der Waals surface area contributed by atoms with E-state index in [0.717, 1.165) is 6.42 Å². The number of carboxylic acid groups (broad SMARTS) is 1. The van der Waals surface area contributed by atoms with Gasteiger partial charge in [-0.25, -0.2) is 4.79 Å². The summed E-state index contributed by atoms with van der Waals surface area (Å²) in [7, 11) is 0. The minimum absolute atomic E-state index is 0.0666. The lowest BCUT2D eigenvalue weighted by molar-refractivity contribution is -0.124. The summed E-state index contributed by atoms with van der Waals surface area (Å²) in [5.74, 6) is -1.04. The average molecular weight is 235 g/mol. The first kappa shape index (κ1) is 13.2. The number of nitrogens with one attached hydrogen (secondary N) is 1. The summed E-state index contributed by atoms with van der Waals surface area (Å²) in [5, 5.41) is 11.5. The molecular weight excluding hydrogens is 218 g/mol. The van der Waals surface area contributed by atoms with Crippen LogP contribution in [-0.2, 0) is 4.79 Å². The zero-order valence-electron chi connectivity index (χ0n) is 10.3. The van der Waals surface area contributed by atoms with Crippen molar-refractivity contribution in [3.05, 3.63) is 29.8 Å². The van der Waals surface area contributed by atoms with Gasteiger partial charge in [-0.3, -0.25) is 4.79 Å². The Morgan fingerprint density at radius 2 is 1.76 bits per heavy atom. The van der Waals surface area contributed by atoms with Gasteiger partial charge in [0, 0.05) is 11.1 Å². The normalized spacial score (nSPS) is 11.0. The standard InChI is InChI=1S/C13H17NO3/c1-4-13(2,3)12(17)14-10-7-5-9(6-8-10)11(15)16/h5-8H,4H2,1-3H3,(H,14,17)(H,15,16). The number of hydrogen-bond acceptors (Lipinski definition) is 2. The van der Waals surface area contributed by atoms with E-state index in [1.807, 2.05) is 20.8 Å². The van der Waals surface area contributed by atoms with E-state index >= 15 is 0 Å². The third-order valence-corrected chi connectivity index (χ3v) is 2.89. The lowest BCUT2D eigenvalue weighted by Gasteiger charge is -2.21. The number of carbonyl (C=O) groups is 2. The first-order chi connectivity index (χ1) is 7.86. The fraction of sp³-hybridized carbons (Fsp3) is 0.385. The van der Waals surface area contributed by atoms with Crippen molar-refractivity contribution in [2.24, 2.45) is 5.41 Å². The molecule has 0 atom stereocenters. The molecule has 4 nitrogen and oxygen atoms in total. The van der Waals surface area contributed by atoms with E-state index in [1.54, 1.807) is 12.1 Å². The molecule has 0 saturated carbocycles. The van der Waals surface area contributed by atoms with Crippen LogP contribution in [0.25, 0.3) is 0 Å². The highest BCUT2D eigenvalue weighted by molar-refractivity contribution is 5.95. The Balaban J connectivity index is 2.76. The second-order valence-corrected chi connectivity index (χ2v) is 4.57. The van der Waals surface area contributed by atoms with Gasteiger partial charge in [-0.1, -0.05) is 20.8 Å². The average Bonchev–Trinajstić information content (AvgIpc) is 2.29. The van der Waals surface area contributed by atoms with Crippen LogP contribution in [0.3, 0.4) is 0 Å². The van der Waals surface area contributed by atoms with Gasteiger partial charge in [-0.2, -0.15) is 0 Å². The van der Waals surface area contributed by atoms with Crippen molar-refractivity contribution in [3.8, 4) is 0 Å². The monoisotopic (exact) mass is 235 g/mol. The van der Waals surface area contributed by atoms with Gasteiger partial charge in [-0.15, -0.1) is 0 Å². The fourth-order valence-corrected chi connectivity index (χ4v) is 1.16. The van der Waals surface area contributed by atoms with E-state index in [9.17, 15) is 9.59 Å². The van der Waals surface area contributed by atoms with Crippen LogP contribution in [0, 0.1) is 5.41 Å². The van der Waals surface area contributed by atoms with Gasteiger partial charge >= 0.3 is 5.97 Å². The number of benzene rings is 1. The topological polar surface area (TPSA) is 66.4 Å². The predicted molar refractivity (Wildman–Crippen MR) is 66.1 cm³/mol. The van der Waals surface area contributed by atoms with E-state index < -0.39 is 11.4 Å². The quantitative estimate of drug-likeness (QED) is 0.843. The van der Waals surface area contributed by atoms with Crippen LogP contribution in [0.5, 0.6) is 0 Å². The molecule has 0 unspecified atom stereocenters. The summed E-state index contributed by atoms with van der Waals surface area (Å²) < 4.78 is 0. The molecule has 0 radical (unpaired) electrons. The van der Waals surface area contributed by atoms with Gasteiger partial charge in [0.1, 0.15) is 0 Å². The van der Waals surface area contributed by atoms with Gasteiger partial charge in [0.05, 0.1) is 5.56 Å². The molecule has 0 heterocycles. The van der Waals surface area contributed by atoms with Crippen LogP contribution < -0.4 is 5.32 Å². The number of rotatable bonds is 4. The van der Waals surface area contributed by atoms with Crippen LogP contribution >= 0.6 is 0 Å². The van der Waals surface area contributed by atoms with E-state index in [0.29, 0.717) is 5.69 Å². The molecule has 0 saturated heterocycles. The molecule has 0 aliphatic rings. The first-order valence-electron chi connectivity index (χ1n) is 5.51. The van der Waals surface area contributed by atoms with E-state index in [1.165, 1.54) is 12.1 Å². The zero-order valence-corrected chi connectivity index (χ0v) is 10.3. The number of carbonyl (C=O) groups excluding carboxylic acids is 1. The predicted octanol–water partition coefficient (Wildman–Crippen LogP) is 2.76. The molecule has 1 rings (SSSR count). The van der Waals surface area contributed by atoms with Crippen molar-refractivity contribution in [3.63, 3.8) is 0 Å². The molecule has 0 aliphatic heterocycles. The third kappa shape index (κ3) is 3.31. The van der Waals surface area contributed by atoms with Gasteiger partial charge in [0.2, 0.25) is 5.91 Å². The maximum Gasteiger partial charge on any atom is 0.335 e. The Labute approximate surface area is 101 Å². The highest BCUT2D eigenvalue weighted by Gasteiger charge is 2.25. The number of anilines is 1. The molecular formula is C13H17NO3. The number of hydrogen-bond donors (Lipinski definition) is 2. The maximum absolute atomic E-state index is 11.9. The Kier molecular flexibility index (Phi) is 3.89. The highest BCUT2D eigenvalue weighted by Crippen LogP contribution is 2.22. The Morgan fingerprint density at radius 3 is 2.18 bits per heavy atom. The van der Waals surface area contributed by atoms with Crippen molar-refractivity contribution in [2.75, 3.05) is 5.32 Å². The van der Waals surface area contributed by atoms with Crippen molar-refractivity contribution in [2.45, 2.75) is 27.2 Å². The molecule has 0 fully saturated rings. The molecule has 0 spiro atoms. The second kappa shape index (κ2) is 4.99. The van der Waals surface area contributed by atoms with Gasteiger partial charge < -0.3 is 10.4 Å². The van der Waals surface area contributed by atoms with Crippen LogP contribution in [0.4, 0.5) is 5.69 Å². The third-order valence-electron chi connectivity index (χ3n) is 2.89. The van der Waals surface area contributed by atoms with Gasteiger partial charge in [-0.05, 0) is 30.7 Å². The van der Waals surface area contributed by atoms with E-state index in [-0.39, 0.29) is 11.5 Å². The zero-order chi connectivity index (χ0) is 13.1. The smallest absolute Gasteiger partial charge is 0.335 e. The Bertz CT molecular complexity index is 421. The summed E-state index contributed by atoms with van der Waals surface area (Å²) in [6.45, 7) is 5.69. The van der Waals surface area contributed by atoms with E-state index in [4.69, 9.17) is 5.11 Å². The molecule has 0 aliphatic carbocycles. The Hall–Kier alpha value is -1.84. The molecule has 17 heavy (non-hydrogen) atoms. The summed E-state index contributed by atoms with van der Waals surface area (Å²) in [6.07, 6.45) is 0.742. The van der Waals surface area contributed by atoms with Crippen molar-refractivity contribution >= 4 is 17.6 Å². The van der Waals surface area contributed by atoms with Crippen molar-refractivity contribution in [1.29, 1.82) is 0 Å². The second-order valence-electron chi connectivity index (χ2n) is 4.57. The van der Waals surface area contributed by atoms with E-state index in [2.05, 4.69) is 5.32 Å². The molecule has 1 aromatic rings. The van der Waals surface area contributed by atoms with Crippen LogP contribution in [-0.4, -0.2) is 17.0 Å². The highest BCUT2D eigenvalue weighted by atomic mass is 16.4. The largest absolute Gasteiger partial charge is 0.478 e. The van der Waals surface area contributed by atoms with Gasteiger partial charge in [0.25, 0.3) is 0 Å². The molecule has 4 heteroatoms. The molecule has 1 amide bonds. The Morgan fingerprint density at radius 1 is 1.24 bits per heavy atom. The van der Waals surface area contributed by atoms with Crippen molar-refractivity contribution in [1.82, 2.24) is 0 Å². The minimum Gasteiger partial charge on any atom is -0.478 e. The number of carboxylic acids is 1. The van der Waals surface area contributed by atoms with Crippen molar-refractivity contribution < 1.29 is 14.7 Å². The number of amides is 1.